The van der Waals surface area contributed by atoms with Crippen molar-refractivity contribution in [2.45, 2.75) is 32.6 Å². The van der Waals surface area contributed by atoms with Crippen LogP contribution in [0.25, 0.3) is 0 Å². The van der Waals surface area contributed by atoms with E-state index in [0.29, 0.717) is 11.1 Å². The van der Waals surface area contributed by atoms with Crippen LogP contribution in [0.1, 0.15) is 32.6 Å². The minimum Gasteiger partial charge on any atom is -0.490 e. The van der Waals surface area contributed by atoms with Crippen molar-refractivity contribution < 1.29 is 13.5 Å². The molecule has 108 valence electrons. The molecule has 0 amide bonds. The second-order valence-corrected chi connectivity index (χ2v) is 5.23. The highest BCUT2D eigenvalue weighted by atomic mass is 79.9. The topological polar surface area (TPSA) is 21.3 Å². The number of unbranched alkanes of at least 4 members (excludes halogenated alkanes) is 3. The van der Waals surface area contributed by atoms with Crippen molar-refractivity contribution in [2.24, 2.45) is 0 Å². The summed E-state index contributed by atoms with van der Waals surface area (Å²) in [4.78, 5) is 0. The summed E-state index contributed by atoms with van der Waals surface area (Å²) in [7, 11) is 0. The average molecular weight is 336 g/mol. The quantitative estimate of drug-likeness (QED) is 0.537. The third-order valence-electron chi connectivity index (χ3n) is 2.72. The van der Waals surface area contributed by atoms with Gasteiger partial charge in [-0.25, -0.2) is 4.39 Å². The molecule has 0 bridgehead atoms. The van der Waals surface area contributed by atoms with Gasteiger partial charge in [0.1, 0.15) is 0 Å². The predicted octanol–water partition coefficient (Wildman–Crippen LogP) is 4.28. The van der Waals surface area contributed by atoms with Crippen LogP contribution >= 0.6 is 15.9 Å². The van der Waals surface area contributed by atoms with Gasteiger partial charge in [0.2, 0.25) is 5.82 Å². The molecule has 0 aliphatic rings. The van der Waals surface area contributed by atoms with Gasteiger partial charge < -0.3 is 10.1 Å². The summed E-state index contributed by atoms with van der Waals surface area (Å²) >= 11 is 3.11. The van der Waals surface area contributed by atoms with Crippen LogP contribution in [0, 0.1) is 11.6 Å². The molecule has 0 aromatic heterocycles. The van der Waals surface area contributed by atoms with Gasteiger partial charge in [-0.05, 0) is 38.1 Å². The Morgan fingerprint density at radius 3 is 2.63 bits per heavy atom. The van der Waals surface area contributed by atoms with E-state index in [1.54, 1.807) is 0 Å². The number of ether oxygens (including phenoxy) is 1. The molecule has 0 radical (unpaired) electrons. The van der Waals surface area contributed by atoms with Gasteiger partial charge in [0.05, 0.1) is 6.61 Å². The number of rotatable bonds is 9. The molecule has 0 heterocycles. The lowest BCUT2D eigenvalue weighted by molar-refractivity contribution is 0.284. The van der Waals surface area contributed by atoms with Gasteiger partial charge in [0.25, 0.3) is 0 Å². The van der Waals surface area contributed by atoms with Crippen LogP contribution in [0.2, 0.25) is 0 Å². The maximum Gasteiger partial charge on any atom is 0.200 e. The Balaban J connectivity index is 2.19. The molecule has 0 atom stereocenters. The van der Waals surface area contributed by atoms with Crippen molar-refractivity contribution >= 4 is 15.9 Å². The van der Waals surface area contributed by atoms with Gasteiger partial charge in [-0.3, -0.25) is 0 Å². The van der Waals surface area contributed by atoms with E-state index in [0.717, 1.165) is 44.8 Å². The summed E-state index contributed by atoms with van der Waals surface area (Å²) in [6.07, 6.45) is 4.13. The first kappa shape index (κ1) is 16.4. The van der Waals surface area contributed by atoms with Crippen molar-refractivity contribution in [3.8, 4) is 5.75 Å². The molecule has 0 unspecified atom stereocenters. The minimum atomic E-state index is -0.921. The summed E-state index contributed by atoms with van der Waals surface area (Å²) in [6, 6.07) is 2.53. The van der Waals surface area contributed by atoms with E-state index in [9.17, 15) is 8.78 Å². The molecule has 0 aliphatic heterocycles. The van der Waals surface area contributed by atoms with Crippen molar-refractivity contribution in [1.82, 2.24) is 5.32 Å². The van der Waals surface area contributed by atoms with E-state index >= 15 is 0 Å². The Labute approximate surface area is 121 Å². The summed E-state index contributed by atoms with van der Waals surface area (Å²) in [5, 5.41) is 3.26. The average Bonchev–Trinajstić information content (AvgIpc) is 2.38. The van der Waals surface area contributed by atoms with Crippen molar-refractivity contribution in [3.63, 3.8) is 0 Å². The maximum absolute atomic E-state index is 13.4. The normalized spacial score (nSPS) is 10.7. The first-order chi connectivity index (χ1) is 9.15. The molecular weight excluding hydrogens is 316 g/mol. The van der Waals surface area contributed by atoms with Crippen LogP contribution in [-0.4, -0.2) is 19.7 Å². The molecule has 2 nitrogen and oxygen atoms in total. The summed E-state index contributed by atoms with van der Waals surface area (Å²) in [6.45, 7) is 4.52. The standard InChI is InChI=1S/C14H20BrF2NO/c1-2-18-7-5-3-4-6-8-19-13-10-11(15)9-12(16)14(13)17/h9-10,18H,2-8H2,1H3. The fourth-order valence-corrected chi connectivity index (χ4v) is 2.11. The monoisotopic (exact) mass is 335 g/mol. The molecule has 19 heavy (non-hydrogen) atoms. The highest BCUT2D eigenvalue weighted by Crippen LogP contribution is 2.25. The number of hydrogen-bond donors (Lipinski definition) is 1. The van der Waals surface area contributed by atoms with Crippen LogP contribution in [0.4, 0.5) is 8.78 Å². The first-order valence-electron chi connectivity index (χ1n) is 6.63. The smallest absolute Gasteiger partial charge is 0.200 e. The first-order valence-corrected chi connectivity index (χ1v) is 7.42. The number of halogens is 3. The zero-order valence-corrected chi connectivity index (χ0v) is 12.7. The molecule has 1 aromatic rings. The molecule has 0 saturated heterocycles. The molecule has 1 N–H and O–H groups in total. The fraction of sp³-hybridized carbons (Fsp3) is 0.571. The largest absolute Gasteiger partial charge is 0.490 e. The summed E-state index contributed by atoms with van der Waals surface area (Å²) in [5.41, 5.74) is 0. The minimum absolute atomic E-state index is 0.0282. The van der Waals surface area contributed by atoms with Crippen LogP contribution in [0.3, 0.4) is 0 Å². The van der Waals surface area contributed by atoms with E-state index < -0.39 is 11.6 Å². The lowest BCUT2D eigenvalue weighted by atomic mass is 10.2. The Morgan fingerprint density at radius 1 is 1.16 bits per heavy atom. The highest BCUT2D eigenvalue weighted by molar-refractivity contribution is 9.10. The second-order valence-electron chi connectivity index (χ2n) is 4.32. The zero-order valence-electron chi connectivity index (χ0n) is 11.1. The van der Waals surface area contributed by atoms with E-state index in [1.807, 2.05) is 0 Å². The molecule has 1 rings (SSSR count). The zero-order chi connectivity index (χ0) is 14.1. The molecule has 0 saturated carbocycles. The van der Waals surface area contributed by atoms with E-state index in [-0.39, 0.29) is 5.75 Å². The Hall–Kier alpha value is -0.680. The molecule has 0 fully saturated rings. The second kappa shape index (κ2) is 9.26. The van der Waals surface area contributed by atoms with Crippen LogP contribution in [0.5, 0.6) is 5.75 Å². The fourth-order valence-electron chi connectivity index (χ4n) is 1.70. The van der Waals surface area contributed by atoms with Crippen molar-refractivity contribution in [2.75, 3.05) is 19.7 Å². The molecular formula is C14H20BrF2NO. The van der Waals surface area contributed by atoms with Crippen LogP contribution in [-0.2, 0) is 0 Å². The molecule has 0 spiro atoms. The van der Waals surface area contributed by atoms with Crippen molar-refractivity contribution in [3.05, 3.63) is 28.2 Å². The molecule has 0 aliphatic carbocycles. The third-order valence-corrected chi connectivity index (χ3v) is 3.17. The number of nitrogens with one attached hydrogen (secondary N) is 1. The Kier molecular flexibility index (Phi) is 7.98. The Morgan fingerprint density at radius 2 is 1.89 bits per heavy atom. The van der Waals surface area contributed by atoms with Crippen LogP contribution < -0.4 is 10.1 Å². The lowest BCUT2D eigenvalue weighted by Gasteiger charge is -2.08. The van der Waals surface area contributed by atoms with Gasteiger partial charge in [-0.1, -0.05) is 35.7 Å². The number of hydrogen-bond acceptors (Lipinski definition) is 2. The van der Waals surface area contributed by atoms with Gasteiger partial charge in [0.15, 0.2) is 11.6 Å². The molecule has 5 heteroatoms. The predicted molar refractivity (Wildman–Crippen MR) is 76.6 cm³/mol. The third kappa shape index (κ3) is 6.34. The van der Waals surface area contributed by atoms with Crippen LogP contribution in [0.15, 0.2) is 16.6 Å². The van der Waals surface area contributed by atoms with Gasteiger partial charge >= 0.3 is 0 Å². The lowest BCUT2D eigenvalue weighted by Crippen LogP contribution is -2.13. The summed E-state index contributed by atoms with van der Waals surface area (Å²) < 4.78 is 32.2. The SMILES string of the molecule is CCNCCCCCCOc1cc(Br)cc(F)c1F. The van der Waals surface area contributed by atoms with E-state index in [4.69, 9.17) is 4.74 Å². The van der Waals surface area contributed by atoms with Crippen molar-refractivity contribution in [1.29, 1.82) is 0 Å². The van der Waals surface area contributed by atoms with Gasteiger partial charge in [-0.15, -0.1) is 0 Å². The van der Waals surface area contributed by atoms with Gasteiger partial charge in [-0.2, -0.15) is 4.39 Å². The highest BCUT2D eigenvalue weighted by Gasteiger charge is 2.10. The Bertz CT molecular complexity index is 388. The van der Waals surface area contributed by atoms with E-state index in [1.165, 1.54) is 6.07 Å². The van der Waals surface area contributed by atoms with Gasteiger partial charge in [0, 0.05) is 4.47 Å². The van der Waals surface area contributed by atoms with E-state index in [2.05, 4.69) is 28.2 Å². The maximum atomic E-state index is 13.4. The summed E-state index contributed by atoms with van der Waals surface area (Å²) in [5.74, 6) is -1.84. The molecule has 1 aromatic carbocycles. The number of benzene rings is 1.